The third-order valence-corrected chi connectivity index (χ3v) is 4.87. The molecule has 4 nitrogen and oxygen atoms in total. The molecule has 0 atom stereocenters. The van der Waals surface area contributed by atoms with Crippen molar-refractivity contribution in [3.05, 3.63) is 78.2 Å². The molecule has 0 amide bonds. The van der Waals surface area contributed by atoms with Crippen molar-refractivity contribution < 1.29 is 4.42 Å². The molecule has 5 aromatic rings. The lowest BCUT2D eigenvalue weighted by Gasteiger charge is -2.08. The van der Waals surface area contributed by atoms with Crippen molar-refractivity contribution in [1.29, 1.82) is 0 Å². The van der Waals surface area contributed by atoms with Crippen LogP contribution >= 0.6 is 0 Å². The second-order valence-corrected chi connectivity index (χ2v) is 6.78. The predicted molar refractivity (Wildman–Crippen MR) is 107 cm³/mol. The first kappa shape index (κ1) is 15.7. The molecule has 27 heavy (non-hydrogen) atoms. The highest BCUT2D eigenvalue weighted by Crippen LogP contribution is 2.31. The maximum Gasteiger partial charge on any atom is 0.227 e. The molecule has 0 radical (unpaired) electrons. The highest BCUT2D eigenvalue weighted by atomic mass is 16.3. The third-order valence-electron chi connectivity index (χ3n) is 4.87. The summed E-state index contributed by atoms with van der Waals surface area (Å²) in [6, 6.07) is 18.5. The molecule has 130 valence electrons. The summed E-state index contributed by atoms with van der Waals surface area (Å²) in [6.45, 7) is 4.19. The average Bonchev–Trinajstić information content (AvgIpc) is 3.08. The summed E-state index contributed by atoms with van der Waals surface area (Å²) in [5, 5.41) is 2.06. The SMILES string of the molecule is Cc1ccc(C)c(-c2cc(-c3cnc4oc5ccccc5c4c3)ncn2)c1. The zero-order chi connectivity index (χ0) is 18.4. The molecule has 0 aliphatic rings. The smallest absolute Gasteiger partial charge is 0.227 e. The summed E-state index contributed by atoms with van der Waals surface area (Å²) >= 11 is 0. The normalized spacial score (nSPS) is 11.3. The van der Waals surface area contributed by atoms with Crippen LogP contribution in [0.4, 0.5) is 0 Å². The maximum absolute atomic E-state index is 5.82. The second-order valence-electron chi connectivity index (χ2n) is 6.78. The van der Waals surface area contributed by atoms with E-state index in [1.165, 1.54) is 11.1 Å². The quantitative estimate of drug-likeness (QED) is 0.408. The van der Waals surface area contributed by atoms with Crippen LogP contribution in [0.3, 0.4) is 0 Å². The molecule has 3 heterocycles. The molecule has 0 N–H and O–H groups in total. The van der Waals surface area contributed by atoms with Crippen LogP contribution in [0.1, 0.15) is 11.1 Å². The fourth-order valence-electron chi connectivity index (χ4n) is 3.42. The molecule has 0 saturated heterocycles. The summed E-state index contributed by atoms with van der Waals surface area (Å²) < 4.78 is 5.82. The molecule has 0 aliphatic heterocycles. The largest absolute Gasteiger partial charge is 0.438 e. The average molecular weight is 351 g/mol. The number of nitrogens with zero attached hydrogens (tertiary/aromatic N) is 3. The first-order chi connectivity index (χ1) is 13.2. The van der Waals surface area contributed by atoms with E-state index >= 15 is 0 Å². The Labute approximate surface area is 156 Å². The van der Waals surface area contributed by atoms with Gasteiger partial charge in [0.05, 0.1) is 11.4 Å². The van der Waals surface area contributed by atoms with Gasteiger partial charge in [0.1, 0.15) is 11.9 Å². The highest BCUT2D eigenvalue weighted by Gasteiger charge is 2.11. The van der Waals surface area contributed by atoms with Crippen molar-refractivity contribution in [3.63, 3.8) is 0 Å². The van der Waals surface area contributed by atoms with Gasteiger partial charge in [-0.3, -0.25) is 0 Å². The topological polar surface area (TPSA) is 51.8 Å². The van der Waals surface area contributed by atoms with Crippen molar-refractivity contribution in [2.75, 3.05) is 0 Å². The van der Waals surface area contributed by atoms with Crippen LogP contribution in [-0.2, 0) is 0 Å². The minimum atomic E-state index is 0.642. The Morgan fingerprint density at radius 2 is 1.63 bits per heavy atom. The number of hydrogen-bond donors (Lipinski definition) is 0. The molecule has 0 spiro atoms. The van der Waals surface area contributed by atoms with Crippen LogP contribution < -0.4 is 0 Å². The van der Waals surface area contributed by atoms with E-state index in [9.17, 15) is 0 Å². The van der Waals surface area contributed by atoms with Crippen LogP contribution in [0.25, 0.3) is 44.6 Å². The monoisotopic (exact) mass is 351 g/mol. The molecule has 3 aromatic heterocycles. The number of furan rings is 1. The van der Waals surface area contributed by atoms with Gasteiger partial charge in [-0.15, -0.1) is 0 Å². The predicted octanol–water partition coefficient (Wildman–Crippen LogP) is 5.72. The Balaban J connectivity index is 1.66. The van der Waals surface area contributed by atoms with Crippen LogP contribution in [-0.4, -0.2) is 15.0 Å². The lowest BCUT2D eigenvalue weighted by atomic mass is 10.0. The number of aryl methyl sites for hydroxylation is 2. The minimum Gasteiger partial charge on any atom is -0.438 e. The maximum atomic E-state index is 5.82. The van der Waals surface area contributed by atoms with E-state index in [2.05, 4.69) is 53.1 Å². The number of pyridine rings is 1. The molecule has 0 fully saturated rings. The molecule has 4 heteroatoms. The van der Waals surface area contributed by atoms with Crippen LogP contribution in [0.2, 0.25) is 0 Å². The van der Waals surface area contributed by atoms with Gasteiger partial charge >= 0.3 is 0 Å². The van der Waals surface area contributed by atoms with E-state index in [0.717, 1.165) is 38.9 Å². The lowest BCUT2D eigenvalue weighted by Crippen LogP contribution is -1.92. The summed E-state index contributed by atoms with van der Waals surface area (Å²) in [6.07, 6.45) is 3.42. The molecule has 0 saturated carbocycles. The molecular weight excluding hydrogens is 334 g/mol. The van der Waals surface area contributed by atoms with Gasteiger partial charge in [-0.2, -0.15) is 0 Å². The van der Waals surface area contributed by atoms with Gasteiger partial charge in [-0.05, 0) is 43.7 Å². The van der Waals surface area contributed by atoms with Crippen molar-refractivity contribution in [1.82, 2.24) is 15.0 Å². The Bertz CT molecular complexity index is 1300. The van der Waals surface area contributed by atoms with Crippen molar-refractivity contribution >= 4 is 22.1 Å². The van der Waals surface area contributed by atoms with E-state index in [0.29, 0.717) is 5.71 Å². The van der Waals surface area contributed by atoms with E-state index in [4.69, 9.17) is 4.42 Å². The van der Waals surface area contributed by atoms with Gasteiger partial charge < -0.3 is 4.42 Å². The van der Waals surface area contributed by atoms with E-state index in [-0.39, 0.29) is 0 Å². The Hall–Kier alpha value is -3.53. The number of benzene rings is 2. The molecular formula is C23H17N3O. The van der Waals surface area contributed by atoms with Gasteiger partial charge in [-0.25, -0.2) is 15.0 Å². The van der Waals surface area contributed by atoms with E-state index < -0.39 is 0 Å². The van der Waals surface area contributed by atoms with Crippen LogP contribution in [0.5, 0.6) is 0 Å². The van der Waals surface area contributed by atoms with Crippen molar-refractivity contribution in [3.8, 4) is 22.5 Å². The van der Waals surface area contributed by atoms with Crippen molar-refractivity contribution in [2.24, 2.45) is 0 Å². The number of aromatic nitrogens is 3. The highest BCUT2D eigenvalue weighted by molar-refractivity contribution is 6.04. The van der Waals surface area contributed by atoms with Gasteiger partial charge in [0.2, 0.25) is 5.71 Å². The number of rotatable bonds is 2. The van der Waals surface area contributed by atoms with Crippen LogP contribution in [0, 0.1) is 13.8 Å². The number of para-hydroxylation sites is 1. The van der Waals surface area contributed by atoms with Gasteiger partial charge in [0, 0.05) is 28.1 Å². The second kappa shape index (κ2) is 6.02. The standard InChI is InChI=1S/C23H17N3O/c1-14-7-8-15(2)18(9-14)21-11-20(25-13-26-21)16-10-19-17-5-3-4-6-22(17)27-23(19)24-12-16/h3-13H,1-2H3. The van der Waals surface area contributed by atoms with Gasteiger partial charge in [0.25, 0.3) is 0 Å². The van der Waals surface area contributed by atoms with E-state index in [1.54, 1.807) is 12.5 Å². The van der Waals surface area contributed by atoms with Gasteiger partial charge in [-0.1, -0.05) is 35.9 Å². The Morgan fingerprint density at radius 1 is 0.778 bits per heavy atom. The molecule has 5 rings (SSSR count). The third kappa shape index (κ3) is 2.66. The zero-order valence-corrected chi connectivity index (χ0v) is 15.1. The zero-order valence-electron chi connectivity index (χ0n) is 15.1. The number of fused-ring (bicyclic) bond motifs is 3. The lowest BCUT2D eigenvalue weighted by molar-refractivity contribution is 0.654. The summed E-state index contributed by atoms with van der Waals surface area (Å²) in [5.74, 6) is 0. The van der Waals surface area contributed by atoms with Crippen molar-refractivity contribution in [2.45, 2.75) is 13.8 Å². The Kier molecular flexibility index (Phi) is 3.50. The molecule has 0 bridgehead atoms. The minimum absolute atomic E-state index is 0.642. The van der Waals surface area contributed by atoms with Crippen LogP contribution in [0.15, 0.2) is 71.5 Å². The first-order valence-corrected chi connectivity index (χ1v) is 8.86. The fraction of sp³-hybridized carbons (Fsp3) is 0.0870. The summed E-state index contributed by atoms with van der Waals surface area (Å²) in [7, 11) is 0. The Morgan fingerprint density at radius 3 is 2.56 bits per heavy atom. The molecule has 2 aromatic carbocycles. The summed E-state index contributed by atoms with van der Waals surface area (Å²) in [4.78, 5) is 13.5. The number of hydrogen-bond acceptors (Lipinski definition) is 4. The molecule has 0 unspecified atom stereocenters. The summed E-state index contributed by atoms with van der Waals surface area (Å²) in [5.41, 5.74) is 7.73. The first-order valence-electron chi connectivity index (χ1n) is 8.86. The molecule has 0 aliphatic carbocycles. The van der Waals surface area contributed by atoms with E-state index in [1.807, 2.05) is 30.3 Å². The fourth-order valence-corrected chi connectivity index (χ4v) is 3.42. The van der Waals surface area contributed by atoms with Gasteiger partial charge in [0.15, 0.2) is 0 Å².